The first-order chi connectivity index (χ1) is 13.0. The summed E-state index contributed by atoms with van der Waals surface area (Å²) in [5.74, 6) is -1.71. The number of rotatable bonds is 5. The molecule has 136 valence electrons. The van der Waals surface area contributed by atoms with Crippen molar-refractivity contribution in [3.05, 3.63) is 65.4 Å². The van der Waals surface area contributed by atoms with E-state index in [9.17, 15) is 19.5 Å². The molecule has 4 N–H and O–H groups in total. The van der Waals surface area contributed by atoms with Gasteiger partial charge in [0.05, 0.1) is 6.42 Å². The second kappa shape index (κ2) is 6.60. The quantitative estimate of drug-likeness (QED) is 0.556. The van der Waals surface area contributed by atoms with Gasteiger partial charge in [0.1, 0.15) is 6.04 Å². The van der Waals surface area contributed by atoms with Crippen LogP contribution in [0.15, 0.2) is 48.7 Å². The monoisotopic (exact) mass is 363 g/mol. The van der Waals surface area contributed by atoms with Crippen molar-refractivity contribution in [1.29, 1.82) is 0 Å². The number of carbonyl (C=O) groups is 3. The zero-order chi connectivity index (χ0) is 19.0. The average molecular weight is 363 g/mol. The van der Waals surface area contributed by atoms with Gasteiger partial charge in [-0.25, -0.2) is 4.79 Å². The summed E-state index contributed by atoms with van der Waals surface area (Å²) in [7, 11) is 0. The lowest BCUT2D eigenvalue weighted by molar-refractivity contribution is -0.139. The van der Waals surface area contributed by atoms with Gasteiger partial charge in [-0.05, 0) is 35.4 Å². The van der Waals surface area contributed by atoms with Crippen molar-refractivity contribution in [1.82, 2.24) is 10.3 Å². The summed E-state index contributed by atoms with van der Waals surface area (Å²) in [4.78, 5) is 38.8. The number of fused-ring (bicyclic) bond motifs is 2. The number of anilines is 1. The van der Waals surface area contributed by atoms with Gasteiger partial charge in [-0.15, -0.1) is 0 Å². The van der Waals surface area contributed by atoms with E-state index in [-0.39, 0.29) is 18.7 Å². The molecule has 2 amide bonds. The number of carbonyl (C=O) groups excluding carboxylic acids is 2. The van der Waals surface area contributed by atoms with Crippen molar-refractivity contribution in [3.63, 3.8) is 0 Å². The Kier molecular flexibility index (Phi) is 4.12. The fraction of sp³-hybridized carbons (Fsp3) is 0.150. The molecule has 0 fully saturated rings. The van der Waals surface area contributed by atoms with Crippen molar-refractivity contribution >= 4 is 34.4 Å². The van der Waals surface area contributed by atoms with Gasteiger partial charge in [0, 0.05) is 34.8 Å². The first kappa shape index (κ1) is 16.8. The third-order valence-corrected chi connectivity index (χ3v) is 4.69. The molecule has 1 aromatic heterocycles. The summed E-state index contributed by atoms with van der Waals surface area (Å²) in [6.45, 7) is 0. The third-order valence-electron chi connectivity index (χ3n) is 4.69. The van der Waals surface area contributed by atoms with Gasteiger partial charge >= 0.3 is 5.97 Å². The van der Waals surface area contributed by atoms with Gasteiger partial charge in [-0.2, -0.15) is 0 Å². The number of aromatic nitrogens is 1. The topological polar surface area (TPSA) is 111 Å². The molecule has 4 rings (SSSR count). The molecule has 27 heavy (non-hydrogen) atoms. The van der Waals surface area contributed by atoms with Crippen LogP contribution in [0.1, 0.15) is 21.5 Å². The lowest BCUT2D eigenvalue weighted by atomic mass is 10.0. The zero-order valence-corrected chi connectivity index (χ0v) is 14.3. The van der Waals surface area contributed by atoms with Crippen molar-refractivity contribution in [2.24, 2.45) is 0 Å². The summed E-state index contributed by atoms with van der Waals surface area (Å²) in [5.41, 5.74) is 3.48. The summed E-state index contributed by atoms with van der Waals surface area (Å²) >= 11 is 0. The molecular weight excluding hydrogens is 346 g/mol. The van der Waals surface area contributed by atoms with Crippen LogP contribution < -0.4 is 10.6 Å². The number of carboxylic acids is 1. The minimum absolute atomic E-state index is 0.120. The smallest absolute Gasteiger partial charge is 0.326 e. The predicted octanol–water partition coefficient (Wildman–Crippen LogP) is 2.09. The van der Waals surface area contributed by atoms with Gasteiger partial charge in [0.15, 0.2) is 0 Å². The van der Waals surface area contributed by atoms with Gasteiger partial charge in [-0.3, -0.25) is 9.59 Å². The molecule has 1 aliphatic heterocycles. The largest absolute Gasteiger partial charge is 0.480 e. The molecule has 0 spiro atoms. The maximum atomic E-state index is 12.5. The number of nitrogens with one attached hydrogen (secondary N) is 3. The maximum Gasteiger partial charge on any atom is 0.326 e. The van der Waals surface area contributed by atoms with Crippen molar-refractivity contribution in [2.75, 3.05) is 5.32 Å². The molecule has 7 heteroatoms. The highest BCUT2D eigenvalue weighted by atomic mass is 16.4. The Labute approximate surface area is 154 Å². The second-order valence-electron chi connectivity index (χ2n) is 6.52. The minimum atomic E-state index is -1.10. The molecule has 3 aromatic rings. The summed E-state index contributed by atoms with van der Waals surface area (Å²) in [5, 5.41) is 15.8. The molecule has 0 saturated heterocycles. The summed E-state index contributed by atoms with van der Waals surface area (Å²) in [6.07, 6.45) is 2.14. The van der Waals surface area contributed by atoms with Gasteiger partial charge in [-0.1, -0.05) is 18.2 Å². The lowest BCUT2D eigenvalue weighted by Gasteiger charge is -2.14. The van der Waals surface area contributed by atoms with Crippen LogP contribution in [-0.4, -0.2) is 33.9 Å². The van der Waals surface area contributed by atoms with E-state index in [0.29, 0.717) is 11.3 Å². The van der Waals surface area contributed by atoms with E-state index in [4.69, 9.17) is 0 Å². The molecule has 0 saturated carbocycles. The van der Waals surface area contributed by atoms with Crippen LogP contribution in [0.5, 0.6) is 0 Å². The molecule has 2 aromatic carbocycles. The predicted molar refractivity (Wildman–Crippen MR) is 99.7 cm³/mol. The molecular formula is C20H17N3O4. The Balaban J connectivity index is 1.53. The van der Waals surface area contributed by atoms with Crippen LogP contribution in [0.3, 0.4) is 0 Å². The number of amides is 2. The van der Waals surface area contributed by atoms with E-state index >= 15 is 0 Å². The SMILES string of the molecule is O=C1Cc2cc(C(=O)NC(Cc3c[nH]c4ccccc34)C(=O)O)ccc2N1. The first-order valence-electron chi connectivity index (χ1n) is 8.52. The Morgan fingerprint density at radius 1 is 1.19 bits per heavy atom. The van der Waals surface area contributed by atoms with E-state index in [1.54, 1.807) is 24.4 Å². The number of aliphatic carboxylic acids is 1. The Morgan fingerprint density at radius 3 is 2.81 bits per heavy atom. The highest BCUT2D eigenvalue weighted by molar-refractivity contribution is 6.02. The van der Waals surface area contributed by atoms with Gasteiger partial charge in [0.2, 0.25) is 5.91 Å². The van der Waals surface area contributed by atoms with Crippen LogP contribution in [0.25, 0.3) is 10.9 Å². The molecule has 0 aliphatic carbocycles. The first-order valence-corrected chi connectivity index (χ1v) is 8.52. The van der Waals surface area contributed by atoms with Crippen molar-refractivity contribution in [3.8, 4) is 0 Å². The highest BCUT2D eigenvalue weighted by Gasteiger charge is 2.24. The normalized spacial score (nSPS) is 13.9. The van der Waals surface area contributed by atoms with E-state index < -0.39 is 17.9 Å². The van der Waals surface area contributed by atoms with Crippen molar-refractivity contribution < 1.29 is 19.5 Å². The summed E-state index contributed by atoms with van der Waals surface area (Å²) in [6, 6.07) is 11.4. The Morgan fingerprint density at radius 2 is 2.00 bits per heavy atom. The molecule has 1 aliphatic rings. The fourth-order valence-electron chi connectivity index (χ4n) is 3.33. The minimum Gasteiger partial charge on any atom is -0.480 e. The number of carboxylic acid groups (broad SMARTS) is 1. The van der Waals surface area contributed by atoms with Gasteiger partial charge < -0.3 is 20.7 Å². The molecule has 2 heterocycles. The standard InChI is InChI=1S/C20H17N3O4/c24-18-9-12-7-11(5-6-15(12)22-18)19(25)23-17(20(26)27)8-13-10-21-16-4-2-1-3-14(13)16/h1-7,10,17,21H,8-9H2,(H,22,24)(H,23,25)(H,26,27). The van der Waals surface area contributed by atoms with Gasteiger partial charge in [0.25, 0.3) is 5.91 Å². The van der Waals surface area contributed by atoms with Crippen LogP contribution in [0.4, 0.5) is 5.69 Å². The maximum absolute atomic E-state index is 12.5. The Bertz CT molecular complexity index is 1070. The number of benzene rings is 2. The van der Waals surface area contributed by atoms with E-state index in [2.05, 4.69) is 15.6 Å². The van der Waals surface area contributed by atoms with E-state index in [0.717, 1.165) is 22.0 Å². The Hall–Kier alpha value is -3.61. The lowest BCUT2D eigenvalue weighted by Crippen LogP contribution is -2.42. The second-order valence-corrected chi connectivity index (χ2v) is 6.52. The zero-order valence-electron chi connectivity index (χ0n) is 14.3. The number of hydrogen-bond acceptors (Lipinski definition) is 3. The van der Waals surface area contributed by atoms with Crippen LogP contribution >= 0.6 is 0 Å². The van der Waals surface area contributed by atoms with Crippen LogP contribution in [-0.2, 0) is 22.4 Å². The van der Waals surface area contributed by atoms with E-state index in [1.807, 2.05) is 24.3 Å². The molecule has 0 radical (unpaired) electrons. The average Bonchev–Trinajstić information content (AvgIpc) is 3.22. The number of aromatic amines is 1. The molecule has 1 unspecified atom stereocenters. The van der Waals surface area contributed by atoms with Crippen LogP contribution in [0.2, 0.25) is 0 Å². The fourth-order valence-corrected chi connectivity index (χ4v) is 3.33. The molecule has 1 atom stereocenters. The molecule has 7 nitrogen and oxygen atoms in total. The summed E-state index contributed by atoms with van der Waals surface area (Å²) < 4.78 is 0. The number of H-pyrrole nitrogens is 1. The van der Waals surface area contributed by atoms with Crippen molar-refractivity contribution in [2.45, 2.75) is 18.9 Å². The number of para-hydroxylation sites is 1. The van der Waals surface area contributed by atoms with Crippen LogP contribution in [0, 0.1) is 0 Å². The molecule has 0 bridgehead atoms. The van der Waals surface area contributed by atoms with E-state index in [1.165, 1.54) is 0 Å². The highest BCUT2D eigenvalue weighted by Crippen LogP contribution is 2.24. The number of hydrogen-bond donors (Lipinski definition) is 4. The third kappa shape index (κ3) is 3.27.